The van der Waals surface area contributed by atoms with Gasteiger partial charge in [-0.3, -0.25) is 0 Å². The molecule has 1 aromatic rings. The Morgan fingerprint density at radius 3 is 2.12 bits per heavy atom. The summed E-state index contributed by atoms with van der Waals surface area (Å²) in [6, 6.07) is 6.12. The monoisotopic (exact) mass is 236 g/mol. The quantitative estimate of drug-likeness (QED) is 0.710. The molecule has 0 unspecified atom stereocenters. The highest BCUT2D eigenvalue weighted by atomic mass is 16.5. The molecular weight excluding hydrogens is 212 g/mol. The molecule has 0 aliphatic rings. The first-order valence-corrected chi connectivity index (χ1v) is 6.41. The number of unbranched alkanes of at least 4 members (excludes halogenated alkanes) is 1. The van der Waals surface area contributed by atoms with Crippen molar-refractivity contribution in [3.63, 3.8) is 0 Å². The molecule has 1 atom stereocenters. The lowest BCUT2D eigenvalue weighted by atomic mass is 9.96. The second-order valence-electron chi connectivity index (χ2n) is 4.67. The zero-order valence-corrected chi connectivity index (χ0v) is 11.5. The van der Waals surface area contributed by atoms with Crippen molar-refractivity contribution in [3.8, 4) is 11.5 Å². The summed E-state index contributed by atoms with van der Waals surface area (Å²) >= 11 is 0. The van der Waals surface area contributed by atoms with E-state index in [-0.39, 0.29) is 0 Å². The van der Waals surface area contributed by atoms with Crippen molar-refractivity contribution in [1.82, 2.24) is 0 Å². The van der Waals surface area contributed by atoms with Crippen molar-refractivity contribution in [3.05, 3.63) is 23.8 Å². The number of hydrogen-bond acceptors (Lipinski definition) is 2. The standard InChI is InChI=1S/C15H24O2/c1-5-6-7-12(2)8-13-9-14(16-3)11-15(10-13)17-4/h9-12H,5-8H2,1-4H3/t12-/m0/s1. The molecule has 1 aromatic carbocycles. The highest BCUT2D eigenvalue weighted by Gasteiger charge is 2.06. The van der Waals surface area contributed by atoms with Crippen LogP contribution in [0.5, 0.6) is 11.5 Å². The van der Waals surface area contributed by atoms with Crippen LogP contribution in [0.3, 0.4) is 0 Å². The molecule has 17 heavy (non-hydrogen) atoms. The molecule has 0 saturated carbocycles. The fraction of sp³-hybridized carbons (Fsp3) is 0.600. The molecular formula is C15H24O2. The second kappa shape index (κ2) is 7.21. The van der Waals surface area contributed by atoms with E-state index < -0.39 is 0 Å². The fourth-order valence-electron chi connectivity index (χ4n) is 2.04. The van der Waals surface area contributed by atoms with Gasteiger partial charge in [-0.15, -0.1) is 0 Å². The van der Waals surface area contributed by atoms with Crippen LogP contribution < -0.4 is 9.47 Å². The zero-order valence-electron chi connectivity index (χ0n) is 11.5. The van der Waals surface area contributed by atoms with Gasteiger partial charge in [-0.2, -0.15) is 0 Å². The largest absolute Gasteiger partial charge is 0.497 e. The third-order valence-corrected chi connectivity index (χ3v) is 3.05. The molecule has 0 aromatic heterocycles. The van der Waals surface area contributed by atoms with Gasteiger partial charge in [0.15, 0.2) is 0 Å². The van der Waals surface area contributed by atoms with Crippen molar-refractivity contribution >= 4 is 0 Å². The molecule has 0 bridgehead atoms. The van der Waals surface area contributed by atoms with E-state index >= 15 is 0 Å². The SMILES string of the molecule is CCCC[C@H](C)Cc1cc(OC)cc(OC)c1. The third kappa shape index (κ3) is 4.68. The highest BCUT2D eigenvalue weighted by Crippen LogP contribution is 2.25. The Hall–Kier alpha value is -1.18. The minimum absolute atomic E-state index is 0.715. The Morgan fingerprint density at radius 1 is 1.06 bits per heavy atom. The van der Waals surface area contributed by atoms with Crippen molar-refractivity contribution in [2.75, 3.05) is 14.2 Å². The normalized spacial score (nSPS) is 12.2. The van der Waals surface area contributed by atoms with E-state index in [0.717, 1.165) is 17.9 Å². The van der Waals surface area contributed by atoms with Crippen molar-refractivity contribution < 1.29 is 9.47 Å². The van der Waals surface area contributed by atoms with Crippen LogP contribution in [0, 0.1) is 5.92 Å². The molecule has 0 aliphatic heterocycles. The first kappa shape index (κ1) is 13.9. The third-order valence-electron chi connectivity index (χ3n) is 3.05. The van der Waals surface area contributed by atoms with E-state index in [2.05, 4.69) is 26.0 Å². The lowest BCUT2D eigenvalue weighted by Gasteiger charge is -2.13. The van der Waals surface area contributed by atoms with Crippen molar-refractivity contribution in [2.45, 2.75) is 39.5 Å². The van der Waals surface area contributed by atoms with Gasteiger partial charge in [-0.05, 0) is 30.0 Å². The Labute approximate surface area is 105 Å². The summed E-state index contributed by atoms with van der Waals surface area (Å²) in [4.78, 5) is 0. The number of ether oxygens (including phenoxy) is 2. The Bertz CT molecular complexity index is 311. The molecule has 0 radical (unpaired) electrons. The van der Waals surface area contributed by atoms with E-state index in [1.807, 2.05) is 6.07 Å². The predicted octanol–water partition coefficient (Wildman–Crippen LogP) is 4.07. The second-order valence-corrected chi connectivity index (χ2v) is 4.67. The fourth-order valence-corrected chi connectivity index (χ4v) is 2.04. The minimum atomic E-state index is 0.715. The first-order valence-electron chi connectivity index (χ1n) is 6.41. The van der Waals surface area contributed by atoms with Crippen molar-refractivity contribution in [1.29, 1.82) is 0 Å². The zero-order chi connectivity index (χ0) is 12.7. The van der Waals surface area contributed by atoms with Crippen molar-refractivity contribution in [2.24, 2.45) is 5.92 Å². The number of methoxy groups -OCH3 is 2. The lowest BCUT2D eigenvalue weighted by molar-refractivity contribution is 0.392. The minimum Gasteiger partial charge on any atom is -0.497 e. The number of rotatable bonds is 7. The topological polar surface area (TPSA) is 18.5 Å². The van der Waals surface area contributed by atoms with Gasteiger partial charge in [-0.25, -0.2) is 0 Å². The molecule has 0 fully saturated rings. The maximum Gasteiger partial charge on any atom is 0.122 e. The van der Waals surface area contributed by atoms with Gasteiger partial charge in [0, 0.05) is 6.07 Å². The summed E-state index contributed by atoms with van der Waals surface area (Å²) in [6.45, 7) is 4.54. The lowest BCUT2D eigenvalue weighted by Crippen LogP contribution is -2.00. The van der Waals surface area contributed by atoms with E-state index in [4.69, 9.17) is 9.47 Å². The average Bonchev–Trinajstić information content (AvgIpc) is 2.35. The van der Waals surface area contributed by atoms with Gasteiger partial charge in [0.1, 0.15) is 11.5 Å². The first-order chi connectivity index (χ1) is 8.19. The molecule has 0 amide bonds. The van der Waals surface area contributed by atoms with E-state index in [0.29, 0.717) is 5.92 Å². The van der Waals surface area contributed by atoms with E-state index in [9.17, 15) is 0 Å². The Morgan fingerprint density at radius 2 is 1.65 bits per heavy atom. The van der Waals surface area contributed by atoms with Gasteiger partial charge < -0.3 is 9.47 Å². The average molecular weight is 236 g/mol. The molecule has 1 rings (SSSR count). The van der Waals surface area contributed by atoms with E-state index in [1.54, 1.807) is 14.2 Å². The van der Waals surface area contributed by atoms with Crippen LogP contribution >= 0.6 is 0 Å². The summed E-state index contributed by atoms with van der Waals surface area (Å²) in [5.41, 5.74) is 1.30. The van der Waals surface area contributed by atoms with Gasteiger partial charge in [-0.1, -0.05) is 33.1 Å². The van der Waals surface area contributed by atoms with Crippen LogP contribution in [0.4, 0.5) is 0 Å². The molecule has 96 valence electrons. The summed E-state index contributed by atoms with van der Waals surface area (Å²) in [7, 11) is 3.39. The maximum atomic E-state index is 5.28. The van der Waals surface area contributed by atoms with Gasteiger partial charge >= 0.3 is 0 Å². The molecule has 0 N–H and O–H groups in total. The smallest absolute Gasteiger partial charge is 0.122 e. The van der Waals surface area contributed by atoms with Crippen LogP contribution in [0.2, 0.25) is 0 Å². The van der Waals surface area contributed by atoms with Crippen LogP contribution in [0.25, 0.3) is 0 Å². The molecule has 0 saturated heterocycles. The molecule has 0 aliphatic carbocycles. The van der Waals surface area contributed by atoms with Crippen LogP contribution in [-0.2, 0) is 6.42 Å². The number of benzene rings is 1. The molecule has 2 heteroatoms. The van der Waals surface area contributed by atoms with Crippen LogP contribution in [0.1, 0.15) is 38.7 Å². The maximum absolute atomic E-state index is 5.28. The summed E-state index contributed by atoms with van der Waals surface area (Å²) in [6.07, 6.45) is 4.96. The Balaban J connectivity index is 2.68. The van der Waals surface area contributed by atoms with E-state index in [1.165, 1.54) is 24.8 Å². The van der Waals surface area contributed by atoms with Gasteiger partial charge in [0.25, 0.3) is 0 Å². The van der Waals surface area contributed by atoms with Gasteiger partial charge in [0.2, 0.25) is 0 Å². The van der Waals surface area contributed by atoms with Gasteiger partial charge in [0.05, 0.1) is 14.2 Å². The number of hydrogen-bond donors (Lipinski definition) is 0. The molecule has 0 heterocycles. The molecule has 2 nitrogen and oxygen atoms in total. The van der Waals surface area contributed by atoms with Crippen LogP contribution in [-0.4, -0.2) is 14.2 Å². The predicted molar refractivity (Wildman–Crippen MR) is 71.9 cm³/mol. The highest BCUT2D eigenvalue weighted by molar-refractivity contribution is 5.38. The Kier molecular flexibility index (Phi) is 5.88. The summed E-state index contributed by atoms with van der Waals surface area (Å²) in [5, 5.41) is 0. The summed E-state index contributed by atoms with van der Waals surface area (Å²) < 4.78 is 10.6. The summed E-state index contributed by atoms with van der Waals surface area (Å²) in [5.74, 6) is 2.47. The van der Waals surface area contributed by atoms with Crippen LogP contribution in [0.15, 0.2) is 18.2 Å². The molecule has 0 spiro atoms.